The molecule has 0 aliphatic heterocycles. The largest absolute Gasteiger partial charge is 0.481 e. The molecule has 0 aromatic rings. The molecule has 0 bridgehead atoms. The van der Waals surface area contributed by atoms with Crippen LogP contribution in [0.2, 0.25) is 0 Å². The van der Waals surface area contributed by atoms with Crippen LogP contribution < -0.4 is 0 Å². The molecule has 0 rings (SSSR count). The third-order valence-corrected chi connectivity index (χ3v) is 6.61. The summed E-state index contributed by atoms with van der Waals surface area (Å²) in [4.78, 5) is 10.3. The van der Waals surface area contributed by atoms with E-state index < -0.39 is 5.97 Å². The van der Waals surface area contributed by atoms with E-state index >= 15 is 0 Å². The summed E-state index contributed by atoms with van der Waals surface area (Å²) in [6, 6.07) is 0. The molecule has 1 N–H and O–H groups in total. The molecule has 0 spiro atoms. The molecule has 0 heterocycles. The maximum Gasteiger partial charge on any atom is 0.303 e. The van der Waals surface area contributed by atoms with Gasteiger partial charge in [-0.1, -0.05) is 161 Å². The number of carbonyl (C=O) groups is 1. The van der Waals surface area contributed by atoms with Gasteiger partial charge in [-0.3, -0.25) is 4.79 Å². The third kappa shape index (κ3) is 38.5. The molecule has 0 aliphatic carbocycles. The molecule has 2 heteroatoms. The summed E-state index contributed by atoms with van der Waals surface area (Å²) >= 11 is 0. The molecular weight excluding hydrogens is 416 g/mol. The second kappa shape index (κ2) is 34.4. The number of hydrogen-bond donors (Lipinski definition) is 1. The lowest BCUT2D eigenvalue weighted by atomic mass is 10.1. The van der Waals surface area contributed by atoms with Crippen LogP contribution in [0, 0.1) is 0 Å². The summed E-state index contributed by atoms with van der Waals surface area (Å²) in [5.74, 6) is -0.664. The Balaban J connectivity index is 0. The molecule has 0 aliphatic rings. The monoisotopic (exact) mass is 480 g/mol. The first kappa shape index (κ1) is 35.4. The second-order valence-corrected chi connectivity index (χ2v) is 10.3. The van der Waals surface area contributed by atoms with Crippen LogP contribution >= 0.6 is 0 Å². The van der Waals surface area contributed by atoms with E-state index in [2.05, 4.69) is 32.9 Å². The number of aliphatic carboxylic acids is 1. The van der Waals surface area contributed by atoms with Crippen LogP contribution in [0.4, 0.5) is 0 Å². The Morgan fingerprint density at radius 1 is 0.441 bits per heavy atom. The lowest BCUT2D eigenvalue weighted by Gasteiger charge is -2.01. The van der Waals surface area contributed by atoms with Gasteiger partial charge in [-0.05, 0) is 32.1 Å². The van der Waals surface area contributed by atoms with Crippen molar-refractivity contribution in [2.24, 2.45) is 0 Å². The van der Waals surface area contributed by atoms with Crippen molar-refractivity contribution in [3.05, 3.63) is 12.2 Å². The first-order valence-electron chi connectivity index (χ1n) is 15.6. The van der Waals surface area contributed by atoms with Crippen molar-refractivity contribution < 1.29 is 9.90 Å². The number of unbranched alkanes of at least 4 members (excludes halogenated alkanes) is 22. The molecular formula is C32H64O2. The number of allylic oxidation sites excluding steroid dienone is 2. The summed E-state index contributed by atoms with van der Waals surface area (Å²) in [6.45, 7) is 6.83. The average Bonchev–Trinajstić information content (AvgIpc) is 2.83. The molecule has 0 radical (unpaired) electrons. The highest BCUT2D eigenvalue weighted by Gasteiger charge is 1.96. The Kier molecular flexibility index (Phi) is 35.8. The number of rotatable bonds is 26. The fourth-order valence-electron chi connectivity index (χ4n) is 4.26. The van der Waals surface area contributed by atoms with Gasteiger partial charge < -0.3 is 5.11 Å². The maximum absolute atomic E-state index is 10.3. The Morgan fingerprint density at radius 2 is 0.706 bits per heavy atom. The zero-order valence-electron chi connectivity index (χ0n) is 23.9. The minimum Gasteiger partial charge on any atom is -0.481 e. The van der Waals surface area contributed by atoms with Crippen molar-refractivity contribution in [1.29, 1.82) is 0 Å². The highest BCUT2D eigenvalue weighted by Crippen LogP contribution is 2.12. The Bertz CT molecular complexity index is 376. The van der Waals surface area contributed by atoms with Gasteiger partial charge in [0, 0.05) is 6.42 Å². The van der Waals surface area contributed by atoms with Gasteiger partial charge in [-0.2, -0.15) is 0 Å². The number of hydrogen-bond acceptors (Lipinski definition) is 1. The van der Waals surface area contributed by atoms with Crippen LogP contribution in [0.5, 0.6) is 0 Å². The normalized spacial score (nSPS) is 11.0. The van der Waals surface area contributed by atoms with Gasteiger partial charge in [0.05, 0.1) is 0 Å². The first-order valence-corrected chi connectivity index (χ1v) is 15.6. The average molecular weight is 481 g/mol. The number of carboxylic acids is 1. The van der Waals surface area contributed by atoms with E-state index in [-0.39, 0.29) is 0 Å². The summed E-state index contributed by atoms with van der Waals surface area (Å²) in [5, 5.41) is 8.51. The van der Waals surface area contributed by atoms with Gasteiger partial charge in [0.25, 0.3) is 0 Å². The molecule has 0 amide bonds. The standard InChI is InChI=1S/C18H34O2.C14H30/c1-2-3-4-5-6-7-8-9-10-11-12-13-14-15-16-17-18(19)20;1-3-5-7-9-11-13-14-12-10-8-6-4-2/h9-10H,2-8,11-17H2,1H3,(H,19,20);3-14H2,1-2H3. The lowest BCUT2D eigenvalue weighted by molar-refractivity contribution is -0.137. The van der Waals surface area contributed by atoms with Gasteiger partial charge >= 0.3 is 5.97 Å². The van der Waals surface area contributed by atoms with Crippen LogP contribution in [0.15, 0.2) is 12.2 Å². The molecule has 34 heavy (non-hydrogen) atoms. The van der Waals surface area contributed by atoms with Crippen molar-refractivity contribution >= 4 is 5.97 Å². The van der Waals surface area contributed by atoms with Gasteiger partial charge in [0.1, 0.15) is 0 Å². The van der Waals surface area contributed by atoms with Gasteiger partial charge in [-0.15, -0.1) is 0 Å². The zero-order valence-corrected chi connectivity index (χ0v) is 23.9. The molecule has 0 saturated heterocycles. The number of carboxylic acid groups (broad SMARTS) is 1. The quantitative estimate of drug-likeness (QED) is 0.0986. The van der Waals surface area contributed by atoms with Crippen LogP contribution in [-0.4, -0.2) is 11.1 Å². The minimum absolute atomic E-state index is 0.332. The summed E-state index contributed by atoms with van der Waals surface area (Å²) in [6.07, 6.45) is 38.7. The van der Waals surface area contributed by atoms with E-state index in [1.807, 2.05) is 0 Å². The van der Waals surface area contributed by atoms with Gasteiger partial charge in [0.15, 0.2) is 0 Å². The van der Waals surface area contributed by atoms with Crippen LogP contribution in [0.1, 0.15) is 188 Å². The SMILES string of the molecule is CCCCCCCCC=CCCCCCCCC(=O)O.CCCCCCCCCCCCCC. The molecule has 0 aromatic carbocycles. The predicted octanol–water partition coefficient (Wildman–Crippen LogP) is 11.8. The fraction of sp³-hybridized carbons (Fsp3) is 0.906. The predicted molar refractivity (Wildman–Crippen MR) is 154 cm³/mol. The molecule has 0 unspecified atom stereocenters. The first-order chi connectivity index (χ1) is 16.7. The summed E-state index contributed by atoms with van der Waals surface area (Å²) in [5.41, 5.74) is 0. The third-order valence-electron chi connectivity index (χ3n) is 6.61. The molecule has 204 valence electrons. The van der Waals surface area contributed by atoms with E-state index in [4.69, 9.17) is 5.11 Å². The second-order valence-electron chi connectivity index (χ2n) is 10.3. The van der Waals surface area contributed by atoms with E-state index in [1.165, 1.54) is 148 Å². The molecule has 0 fully saturated rings. The van der Waals surface area contributed by atoms with E-state index in [1.54, 1.807) is 0 Å². The molecule has 0 aromatic heterocycles. The van der Waals surface area contributed by atoms with Crippen molar-refractivity contribution in [3.63, 3.8) is 0 Å². The summed E-state index contributed by atoms with van der Waals surface area (Å²) < 4.78 is 0. The van der Waals surface area contributed by atoms with Crippen molar-refractivity contribution in [1.82, 2.24) is 0 Å². The van der Waals surface area contributed by atoms with Crippen molar-refractivity contribution in [3.8, 4) is 0 Å². The highest BCUT2D eigenvalue weighted by atomic mass is 16.4. The Hall–Kier alpha value is -0.790. The molecule has 2 nitrogen and oxygen atoms in total. The zero-order chi connectivity index (χ0) is 25.4. The summed E-state index contributed by atoms with van der Waals surface area (Å²) in [7, 11) is 0. The topological polar surface area (TPSA) is 37.3 Å². The minimum atomic E-state index is -0.664. The van der Waals surface area contributed by atoms with Crippen molar-refractivity contribution in [2.45, 2.75) is 188 Å². The van der Waals surface area contributed by atoms with Crippen LogP contribution in [0.3, 0.4) is 0 Å². The Labute approximate surface area is 215 Å². The van der Waals surface area contributed by atoms with Crippen LogP contribution in [-0.2, 0) is 4.79 Å². The lowest BCUT2D eigenvalue weighted by Crippen LogP contribution is -1.93. The van der Waals surface area contributed by atoms with E-state index in [9.17, 15) is 4.79 Å². The fourth-order valence-corrected chi connectivity index (χ4v) is 4.26. The van der Waals surface area contributed by atoms with E-state index in [0.29, 0.717) is 6.42 Å². The van der Waals surface area contributed by atoms with Gasteiger partial charge in [-0.25, -0.2) is 0 Å². The van der Waals surface area contributed by atoms with Crippen LogP contribution in [0.25, 0.3) is 0 Å². The van der Waals surface area contributed by atoms with E-state index in [0.717, 1.165) is 12.8 Å². The Morgan fingerprint density at radius 3 is 1.00 bits per heavy atom. The van der Waals surface area contributed by atoms with Gasteiger partial charge in [0.2, 0.25) is 0 Å². The van der Waals surface area contributed by atoms with Crippen molar-refractivity contribution in [2.75, 3.05) is 0 Å². The highest BCUT2D eigenvalue weighted by molar-refractivity contribution is 5.66. The smallest absolute Gasteiger partial charge is 0.303 e. The maximum atomic E-state index is 10.3. The molecule has 0 saturated carbocycles. The molecule has 0 atom stereocenters.